The zero-order valence-electron chi connectivity index (χ0n) is 13.6. The van der Waals surface area contributed by atoms with Gasteiger partial charge in [-0.25, -0.2) is 0 Å². The summed E-state index contributed by atoms with van der Waals surface area (Å²) in [6.07, 6.45) is 0.404. The molecule has 0 aliphatic rings. The van der Waals surface area contributed by atoms with Crippen molar-refractivity contribution in [3.63, 3.8) is 0 Å². The molecular weight excluding hydrogens is 302 g/mol. The average molecular weight is 325 g/mol. The summed E-state index contributed by atoms with van der Waals surface area (Å²) in [6.45, 7) is 9.68. The Labute approximate surface area is 136 Å². The molecule has 1 aromatic heterocycles. The van der Waals surface area contributed by atoms with Crippen LogP contribution in [0.5, 0.6) is 0 Å². The highest BCUT2D eigenvalue weighted by molar-refractivity contribution is 7.80. The number of carboxylic acids is 1. The van der Waals surface area contributed by atoms with Gasteiger partial charge in [0.05, 0.1) is 12.1 Å². The van der Waals surface area contributed by atoms with Crippen molar-refractivity contribution in [2.45, 2.75) is 53.0 Å². The van der Waals surface area contributed by atoms with Gasteiger partial charge in [0.25, 0.3) is 0 Å². The molecule has 1 rings (SSSR count). The first-order valence-corrected chi connectivity index (χ1v) is 7.43. The van der Waals surface area contributed by atoms with Crippen LogP contribution < -0.4 is 10.7 Å². The van der Waals surface area contributed by atoms with E-state index in [9.17, 15) is 4.79 Å². The number of aliphatic carboxylic acids is 1. The maximum atomic E-state index is 10.6. The average Bonchev–Trinajstić information content (AvgIpc) is 2.73. The molecule has 0 spiro atoms. The molecule has 0 aliphatic carbocycles. The lowest BCUT2D eigenvalue weighted by molar-refractivity contribution is -0.137. The van der Waals surface area contributed by atoms with E-state index in [-0.39, 0.29) is 12.0 Å². The normalized spacial score (nSPS) is 12.1. The number of hydrogen-bond donors (Lipinski definition) is 3. The molecule has 0 saturated heterocycles. The van der Waals surface area contributed by atoms with Crippen molar-refractivity contribution in [1.29, 1.82) is 0 Å². The van der Waals surface area contributed by atoms with Crippen molar-refractivity contribution in [3.05, 3.63) is 23.2 Å². The first-order chi connectivity index (χ1) is 10.1. The number of hydrogen-bond acceptors (Lipinski definition) is 4. The Hall–Kier alpha value is -1.89. The van der Waals surface area contributed by atoms with Gasteiger partial charge in [-0.2, -0.15) is 5.10 Å². The third kappa shape index (κ3) is 6.26. The van der Waals surface area contributed by atoms with Crippen molar-refractivity contribution < 1.29 is 14.3 Å². The van der Waals surface area contributed by atoms with E-state index < -0.39 is 5.97 Å². The van der Waals surface area contributed by atoms with Gasteiger partial charge < -0.3 is 14.8 Å². The quantitative estimate of drug-likeness (QED) is 0.438. The number of carboxylic acid groups (broad SMARTS) is 1. The maximum absolute atomic E-state index is 10.6. The fourth-order valence-electron chi connectivity index (χ4n) is 1.82. The van der Waals surface area contributed by atoms with Crippen LogP contribution in [0.2, 0.25) is 0 Å². The van der Waals surface area contributed by atoms with Gasteiger partial charge in [0.2, 0.25) is 0 Å². The van der Waals surface area contributed by atoms with E-state index in [1.807, 2.05) is 40.7 Å². The third-order valence-electron chi connectivity index (χ3n) is 2.76. The lowest BCUT2D eigenvalue weighted by Gasteiger charge is -2.21. The van der Waals surface area contributed by atoms with Gasteiger partial charge >= 0.3 is 5.97 Å². The van der Waals surface area contributed by atoms with Crippen molar-refractivity contribution in [3.8, 4) is 0 Å². The molecule has 0 saturated carbocycles. The Balaban J connectivity index is 2.72. The maximum Gasteiger partial charge on any atom is 0.303 e. The summed E-state index contributed by atoms with van der Waals surface area (Å²) in [5, 5.41) is 16.5. The summed E-state index contributed by atoms with van der Waals surface area (Å²) in [4.78, 5) is 10.6. The highest BCUT2D eigenvalue weighted by atomic mass is 32.1. The summed E-state index contributed by atoms with van der Waals surface area (Å²) in [7, 11) is 0. The number of hydrazone groups is 1. The third-order valence-corrected chi connectivity index (χ3v) is 2.95. The van der Waals surface area contributed by atoms with Crippen molar-refractivity contribution in [2.75, 3.05) is 0 Å². The zero-order chi connectivity index (χ0) is 16.9. The Morgan fingerprint density at radius 2 is 2.09 bits per heavy atom. The van der Waals surface area contributed by atoms with E-state index in [0.717, 1.165) is 11.3 Å². The standard InChI is InChI=1S/C15H23N3O3S/c1-9(17-18-14(22)16-15(3,4)5)12-8-11(21-10(12)2)6-7-13(19)20/h8H,6-7H2,1-5H3,(H,19,20)(H2,16,18,22)/b17-9-. The highest BCUT2D eigenvalue weighted by Crippen LogP contribution is 2.17. The number of furan rings is 1. The summed E-state index contributed by atoms with van der Waals surface area (Å²) >= 11 is 5.16. The van der Waals surface area contributed by atoms with Gasteiger partial charge in [0, 0.05) is 17.5 Å². The number of nitrogens with one attached hydrogen (secondary N) is 2. The number of aryl methyl sites for hydroxylation is 2. The van der Waals surface area contributed by atoms with E-state index in [4.69, 9.17) is 21.7 Å². The molecule has 3 N–H and O–H groups in total. The van der Waals surface area contributed by atoms with Gasteiger partial charge in [0.1, 0.15) is 11.5 Å². The minimum Gasteiger partial charge on any atom is -0.481 e. The molecular formula is C15H23N3O3S. The molecule has 0 fully saturated rings. The first kappa shape index (κ1) is 18.2. The molecule has 0 radical (unpaired) electrons. The van der Waals surface area contributed by atoms with E-state index in [2.05, 4.69) is 15.8 Å². The Bertz CT molecular complexity index is 585. The van der Waals surface area contributed by atoms with Crippen LogP contribution in [0, 0.1) is 6.92 Å². The largest absolute Gasteiger partial charge is 0.481 e. The molecule has 1 heterocycles. The smallest absolute Gasteiger partial charge is 0.303 e. The molecule has 0 atom stereocenters. The van der Waals surface area contributed by atoms with Gasteiger partial charge in [-0.3, -0.25) is 10.2 Å². The predicted octanol–water partition coefficient (Wildman–Crippen LogP) is 2.59. The van der Waals surface area contributed by atoms with Crippen LogP contribution >= 0.6 is 12.2 Å². The van der Waals surface area contributed by atoms with Crippen LogP contribution in [0.3, 0.4) is 0 Å². The highest BCUT2D eigenvalue weighted by Gasteiger charge is 2.13. The van der Waals surface area contributed by atoms with E-state index in [1.165, 1.54) is 0 Å². The number of carbonyl (C=O) groups is 1. The molecule has 0 aromatic carbocycles. The minimum absolute atomic E-state index is 0.0421. The Morgan fingerprint density at radius 1 is 1.45 bits per heavy atom. The van der Waals surface area contributed by atoms with Crippen LogP contribution in [0.1, 0.15) is 51.2 Å². The Kier molecular flexibility index (Phi) is 6.11. The number of thiocarbonyl (C=S) groups is 1. The van der Waals surface area contributed by atoms with Crippen molar-refractivity contribution in [1.82, 2.24) is 10.7 Å². The number of rotatable bonds is 5. The molecule has 0 aliphatic heterocycles. The summed E-state index contributed by atoms with van der Waals surface area (Å²) in [5.41, 5.74) is 4.22. The first-order valence-electron chi connectivity index (χ1n) is 7.02. The lowest BCUT2D eigenvalue weighted by Crippen LogP contribution is -2.44. The molecule has 22 heavy (non-hydrogen) atoms. The van der Waals surface area contributed by atoms with Crippen LogP contribution in [-0.4, -0.2) is 27.4 Å². The van der Waals surface area contributed by atoms with E-state index in [0.29, 0.717) is 23.1 Å². The SMILES string of the molecule is C/C(=N/NC(=S)NC(C)(C)C)c1cc(CCC(=O)O)oc1C. The zero-order valence-corrected chi connectivity index (χ0v) is 14.4. The van der Waals surface area contributed by atoms with Gasteiger partial charge in [-0.05, 0) is 52.9 Å². The Morgan fingerprint density at radius 3 is 2.64 bits per heavy atom. The van der Waals surface area contributed by atoms with Crippen LogP contribution in [-0.2, 0) is 11.2 Å². The monoisotopic (exact) mass is 325 g/mol. The molecule has 0 bridgehead atoms. The minimum atomic E-state index is -0.846. The predicted molar refractivity (Wildman–Crippen MR) is 90.2 cm³/mol. The van der Waals surface area contributed by atoms with Crippen LogP contribution in [0.4, 0.5) is 0 Å². The second kappa shape index (κ2) is 7.40. The van der Waals surface area contributed by atoms with Gasteiger partial charge in [0.15, 0.2) is 5.11 Å². The second-order valence-corrected chi connectivity index (χ2v) is 6.50. The molecule has 7 heteroatoms. The summed E-state index contributed by atoms with van der Waals surface area (Å²) in [6, 6.07) is 1.82. The fraction of sp³-hybridized carbons (Fsp3) is 0.533. The lowest BCUT2D eigenvalue weighted by atomic mass is 10.1. The van der Waals surface area contributed by atoms with E-state index >= 15 is 0 Å². The van der Waals surface area contributed by atoms with Gasteiger partial charge in [-0.1, -0.05) is 0 Å². The summed E-state index contributed by atoms with van der Waals surface area (Å²) in [5.74, 6) is 0.499. The molecule has 1 aromatic rings. The van der Waals surface area contributed by atoms with Crippen LogP contribution in [0.25, 0.3) is 0 Å². The summed E-state index contributed by atoms with van der Waals surface area (Å²) < 4.78 is 5.55. The molecule has 6 nitrogen and oxygen atoms in total. The van der Waals surface area contributed by atoms with Gasteiger partial charge in [-0.15, -0.1) is 0 Å². The molecule has 122 valence electrons. The number of nitrogens with zero attached hydrogens (tertiary/aromatic N) is 1. The fourth-order valence-corrected chi connectivity index (χ4v) is 2.17. The molecule has 0 unspecified atom stereocenters. The second-order valence-electron chi connectivity index (χ2n) is 6.09. The van der Waals surface area contributed by atoms with E-state index in [1.54, 1.807) is 0 Å². The molecule has 0 amide bonds. The van der Waals surface area contributed by atoms with Crippen LogP contribution in [0.15, 0.2) is 15.6 Å². The van der Waals surface area contributed by atoms with Crippen molar-refractivity contribution in [2.24, 2.45) is 5.10 Å². The topological polar surface area (TPSA) is 86.9 Å². The van der Waals surface area contributed by atoms with Crippen molar-refractivity contribution >= 4 is 29.0 Å².